The van der Waals surface area contributed by atoms with Crippen molar-refractivity contribution in [1.29, 1.82) is 0 Å². The van der Waals surface area contributed by atoms with Crippen LogP contribution in [-0.4, -0.2) is 36.9 Å². The Balaban J connectivity index is 1.41. The highest BCUT2D eigenvalue weighted by atomic mass is 16.2. The molecule has 0 bridgehead atoms. The topological polar surface area (TPSA) is 63.9 Å². The van der Waals surface area contributed by atoms with Crippen LogP contribution < -0.4 is 0 Å². The van der Waals surface area contributed by atoms with Gasteiger partial charge in [-0.15, -0.1) is 0 Å². The third kappa shape index (κ3) is 4.05. The van der Waals surface area contributed by atoms with E-state index in [1.54, 1.807) is 24.9 Å². The summed E-state index contributed by atoms with van der Waals surface area (Å²) in [5.74, 6) is 0.941. The molecule has 6 nitrogen and oxygen atoms in total. The van der Waals surface area contributed by atoms with Crippen LogP contribution in [0.1, 0.15) is 43.0 Å². The molecule has 0 radical (unpaired) electrons. The van der Waals surface area contributed by atoms with E-state index < -0.39 is 0 Å². The number of aryl methyl sites for hydroxylation is 1. The molecule has 3 heterocycles. The smallest absolute Gasteiger partial charge is 0.223 e. The predicted octanol–water partition coefficient (Wildman–Crippen LogP) is 3.35. The summed E-state index contributed by atoms with van der Waals surface area (Å²) in [7, 11) is 0. The number of imidazole rings is 1. The fourth-order valence-corrected chi connectivity index (χ4v) is 3.65. The molecule has 0 unspecified atom stereocenters. The summed E-state index contributed by atoms with van der Waals surface area (Å²) in [6.07, 6.45) is 13.1. The van der Waals surface area contributed by atoms with Crippen molar-refractivity contribution < 1.29 is 4.79 Å². The highest BCUT2D eigenvalue weighted by molar-refractivity contribution is 5.77. The van der Waals surface area contributed by atoms with E-state index in [0.717, 1.165) is 43.7 Å². The van der Waals surface area contributed by atoms with Gasteiger partial charge in [0.2, 0.25) is 5.91 Å². The number of rotatable bonds is 6. The van der Waals surface area contributed by atoms with Crippen LogP contribution in [0.5, 0.6) is 0 Å². The average Bonchev–Trinajstić information content (AvgIpc) is 3.41. The molecular formula is C21H23N5O. The number of hydrogen-bond donors (Lipinski definition) is 0. The third-order valence-corrected chi connectivity index (χ3v) is 5.02. The van der Waals surface area contributed by atoms with E-state index in [1.165, 1.54) is 5.56 Å². The summed E-state index contributed by atoms with van der Waals surface area (Å²) >= 11 is 0. The lowest BCUT2D eigenvalue weighted by atomic mass is 10.1. The fraction of sp³-hybridized carbons (Fsp3) is 0.333. The molecule has 2 aromatic heterocycles. The summed E-state index contributed by atoms with van der Waals surface area (Å²) in [6, 6.07) is 10.3. The Bertz CT molecular complexity index is 879. The second-order valence-corrected chi connectivity index (χ2v) is 6.86. The Morgan fingerprint density at radius 3 is 2.85 bits per heavy atom. The lowest BCUT2D eigenvalue weighted by Crippen LogP contribution is -2.31. The molecule has 1 fully saturated rings. The molecule has 1 amide bonds. The Morgan fingerprint density at radius 1 is 1.15 bits per heavy atom. The van der Waals surface area contributed by atoms with Crippen LogP contribution >= 0.6 is 0 Å². The van der Waals surface area contributed by atoms with E-state index >= 15 is 0 Å². The molecule has 1 aromatic carbocycles. The van der Waals surface area contributed by atoms with Crippen LogP contribution in [0.3, 0.4) is 0 Å². The molecule has 1 aliphatic rings. The van der Waals surface area contributed by atoms with Crippen LogP contribution in [0.4, 0.5) is 0 Å². The zero-order chi connectivity index (χ0) is 18.5. The number of likely N-dealkylation sites (tertiary alicyclic amines) is 1. The summed E-state index contributed by atoms with van der Waals surface area (Å²) in [6.45, 7) is 0.797. The van der Waals surface area contributed by atoms with Crippen molar-refractivity contribution in [1.82, 2.24) is 24.4 Å². The van der Waals surface area contributed by atoms with Crippen LogP contribution in [0, 0.1) is 0 Å². The van der Waals surface area contributed by atoms with Gasteiger partial charge in [0.05, 0.1) is 24.1 Å². The number of carbonyl (C=O) groups is 1. The van der Waals surface area contributed by atoms with Gasteiger partial charge >= 0.3 is 0 Å². The van der Waals surface area contributed by atoms with Gasteiger partial charge < -0.3 is 4.90 Å². The molecule has 0 aliphatic carbocycles. The van der Waals surface area contributed by atoms with Gasteiger partial charge in [0.15, 0.2) is 5.82 Å². The van der Waals surface area contributed by atoms with Gasteiger partial charge in [-0.25, -0.2) is 9.97 Å². The van der Waals surface area contributed by atoms with Gasteiger partial charge in [-0.1, -0.05) is 30.3 Å². The first-order chi connectivity index (χ1) is 13.3. The first-order valence-electron chi connectivity index (χ1n) is 9.45. The predicted molar refractivity (Wildman–Crippen MR) is 102 cm³/mol. The summed E-state index contributed by atoms with van der Waals surface area (Å²) in [4.78, 5) is 27.9. The van der Waals surface area contributed by atoms with Crippen molar-refractivity contribution in [2.24, 2.45) is 0 Å². The minimum absolute atomic E-state index is 0.0187. The largest absolute Gasteiger partial charge is 0.334 e. The molecule has 0 saturated carbocycles. The Morgan fingerprint density at radius 2 is 2.04 bits per heavy atom. The summed E-state index contributed by atoms with van der Waals surface area (Å²) < 4.78 is 1.83. The number of aromatic nitrogens is 4. The zero-order valence-electron chi connectivity index (χ0n) is 15.2. The van der Waals surface area contributed by atoms with Crippen molar-refractivity contribution in [3.63, 3.8) is 0 Å². The Labute approximate surface area is 158 Å². The first kappa shape index (κ1) is 17.4. The Kier molecular flexibility index (Phi) is 5.23. The number of benzene rings is 1. The molecule has 1 saturated heterocycles. The summed E-state index contributed by atoms with van der Waals surface area (Å²) in [5.41, 5.74) is 2.14. The van der Waals surface area contributed by atoms with Crippen molar-refractivity contribution in [2.75, 3.05) is 6.54 Å². The maximum absolute atomic E-state index is 12.8. The van der Waals surface area contributed by atoms with Gasteiger partial charge in [-0.3, -0.25) is 14.3 Å². The SMILES string of the molecule is O=C(CCCc1ccccc1)N1CCC[C@@H]1c1cncc(-n2ccnc2)n1. The highest BCUT2D eigenvalue weighted by Crippen LogP contribution is 2.31. The van der Waals surface area contributed by atoms with E-state index in [-0.39, 0.29) is 11.9 Å². The molecule has 6 heteroatoms. The molecule has 4 rings (SSSR count). The average molecular weight is 361 g/mol. The minimum atomic E-state index is 0.0187. The molecule has 27 heavy (non-hydrogen) atoms. The number of carbonyl (C=O) groups excluding carboxylic acids is 1. The molecule has 1 atom stereocenters. The maximum atomic E-state index is 12.8. The first-order valence-corrected chi connectivity index (χ1v) is 9.45. The van der Waals surface area contributed by atoms with E-state index in [0.29, 0.717) is 6.42 Å². The van der Waals surface area contributed by atoms with E-state index in [9.17, 15) is 4.79 Å². The lowest BCUT2D eigenvalue weighted by Gasteiger charge is -2.24. The highest BCUT2D eigenvalue weighted by Gasteiger charge is 2.30. The van der Waals surface area contributed by atoms with Gasteiger partial charge in [0.25, 0.3) is 0 Å². The van der Waals surface area contributed by atoms with Crippen molar-refractivity contribution in [2.45, 2.75) is 38.1 Å². The van der Waals surface area contributed by atoms with Crippen molar-refractivity contribution >= 4 is 5.91 Å². The van der Waals surface area contributed by atoms with Crippen LogP contribution in [-0.2, 0) is 11.2 Å². The van der Waals surface area contributed by atoms with Crippen LogP contribution in [0.2, 0.25) is 0 Å². The van der Waals surface area contributed by atoms with Gasteiger partial charge in [-0.2, -0.15) is 0 Å². The normalized spacial score (nSPS) is 16.6. The number of hydrogen-bond acceptors (Lipinski definition) is 4. The summed E-state index contributed by atoms with van der Waals surface area (Å²) in [5, 5.41) is 0. The molecule has 3 aromatic rings. The van der Waals surface area contributed by atoms with Gasteiger partial charge in [0, 0.05) is 25.4 Å². The zero-order valence-corrected chi connectivity index (χ0v) is 15.2. The second-order valence-electron chi connectivity index (χ2n) is 6.86. The van der Waals surface area contributed by atoms with Crippen molar-refractivity contribution in [3.05, 3.63) is 72.7 Å². The lowest BCUT2D eigenvalue weighted by molar-refractivity contribution is -0.132. The van der Waals surface area contributed by atoms with Gasteiger partial charge in [-0.05, 0) is 31.2 Å². The maximum Gasteiger partial charge on any atom is 0.223 e. The number of amides is 1. The van der Waals surface area contributed by atoms with E-state index in [2.05, 4.69) is 22.1 Å². The van der Waals surface area contributed by atoms with Crippen LogP contribution in [0.25, 0.3) is 5.82 Å². The van der Waals surface area contributed by atoms with Gasteiger partial charge in [0.1, 0.15) is 6.33 Å². The molecule has 0 N–H and O–H groups in total. The van der Waals surface area contributed by atoms with E-state index in [4.69, 9.17) is 4.98 Å². The molecular weight excluding hydrogens is 338 g/mol. The Hall–Kier alpha value is -3.02. The van der Waals surface area contributed by atoms with Crippen molar-refractivity contribution in [3.8, 4) is 5.82 Å². The molecule has 0 spiro atoms. The molecule has 1 aliphatic heterocycles. The minimum Gasteiger partial charge on any atom is -0.334 e. The van der Waals surface area contributed by atoms with E-state index in [1.807, 2.05) is 33.9 Å². The van der Waals surface area contributed by atoms with Crippen LogP contribution in [0.15, 0.2) is 61.4 Å². The third-order valence-electron chi connectivity index (χ3n) is 5.02. The number of nitrogens with zero attached hydrogens (tertiary/aromatic N) is 5. The monoisotopic (exact) mass is 361 g/mol. The standard InChI is InChI=1S/C21H23N5O/c27-21(10-4-8-17-6-2-1-3-7-17)26-12-5-9-19(26)18-14-23-15-20(24-18)25-13-11-22-16-25/h1-3,6-7,11,13-16,19H,4-5,8-10,12H2/t19-/m1/s1. The second kappa shape index (κ2) is 8.12. The quantitative estimate of drug-likeness (QED) is 0.675. The fourth-order valence-electron chi connectivity index (χ4n) is 3.65. The molecule has 138 valence electrons.